The maximum atomic E-state index is 12.0. The smallest absolute Gasteiger partial charge is 0.413 e. The van der Waals surface area contributed by atoms with Crippen molar-refractivity contribution >= 4 is 34.1 Å². The van der Waals surface area contributed by atoms with Crippen LogP contribution in [-0.4, -0.2) is 40.4 Å². The molecule has 1 fully saturated rings. The molecule has 170 valence electrons. The van der Waals surface area contributed by atoms with Gasteiger partial charge in [-0.3, -0.25) is 4.90 Å². The van der Waals surface area contributed by atoms with Gasteiger partial charge < -0.3 is 20.9 Å². The van der Waals surface area contributed by atoms with Crippen molar-refractivity contribution in [1.82, 2.24) is 9.97 Å². The zero-order chi connectivity index (χ0) is 24.0. The predicted molar refractivity (Wildman–Crippen MR) is 125 cm³/mol. The summed E-state index contributed by atoms with van der Waals surface area (Å²) in [7, 11) is 0. The molecule has 10 heteroatoms. The molecule has 34 heavy (non-hydrogen) atoms. The van der Waals surface area contributed by atoms with E-state index in [-0.39, 0.29) is 23.5 Å². The van der Waals surface area contributed by atoms with E-state index in [4.69, 9.17) is 15.7 Å². The van der Waals surface area contributed by atoms with Crippen molar-refractivity contribution < 1.29 is 14.6 Å². The number of carboxylic acid groups (broad SMARTS) is 1. The van der Waals surface area contributed by atoms with Crippen LogP contribution in [0.25, 0.3) is 21.9 Å². The normalized spacial score (nSPS) is 18.4. The first-order chi connectivity index (χ1) is 16.4. The number of nitrogens with zero attached hydrogens (tertiary/aromatic N) is 5. The highest BCUT2D eigenvalue weighted by molar-refractivity contribution is 6.02. The van der Waals surface area contributed by atoms with Gasteiger partial charge in [-0.05, 0) is 42.8 Å². The molecule has 4 N–H and O–H groups in total. The van der Waals surface area contributed by atoms with Gasteiger partial charge in [-0.15, -0.1) is 0 Å². The molecule has 1 saturated carbocycles. The van der Waals surface area contributed by atoms with E-state index in [9.17, 15) is 15.2 Å². The molecule has 1 aliphatic heterocycles. The van der Waals surface area contributed by atoms with Gasteiger partial charge in [-0.25, -0.2) is 14.8 Å². The zero-order valence-electron chi connectivity index (χ0n) is 18.4. The van der Waals surface area contributed by atoms with Crippen LogP contribution in [0.4, 0.5) is 22.0 Å². The number of carbonyl (C=O) groups is 1. The van der Waals surface area contributed by atoms with Crippen LogP contribution in [0.2, 0.25) is 0 Å². The second-order valence-corrected chi connectivity index (χ2v) is 8.44. The molecule has 0 unspecified atom stereocenters. The molecule has 1 aliphatic carbocycles. The number of fused-ring (bicyclic) bond motifs is 2. The second kappa shape index (κ2) is 8.09. The van der Waals surface area contributed by atoms with Crippen molar-refractivity contribution in [3.05, 3.63) is 35.7 Å². The molecule has 3 aromatic rings. The molecule has 5 rings (SSSR count). The Bertz CT molecular complexity index is 1420. The maximum Gasteiger partial charge on any atom is 0.413 e. The summed E-state index contributed by atoms with van der Waals surface area (Å²) < 4.78 is 5.61. The number of pyridine rings is 2. The third-order valence-corrected chi connectivity index (χ3v) is 6.51. The largest absolute Gasteiger partial charge is 0.474 e. The Labute approximate surface area is 195 Å². The predicted octanol–water partition coefficient (Wildman–Crippen LogP) is 3.65. The Morgan fingerprint density at radius 1 is 1.26 bits per heavy atom. The fraction of sp³-hybridized carbons (Fsp3) is 0.292. The highest BCUT2D eigenvalue weighted by Crippen LogP contribution is 2.41. The van der Waals surface area contributed by atoms with Crippen molar-refractivity contribution in [2.45, 2.75) is 25.8 Å². The van der Waals surface area contributed by atoms with Crippen LogP contribution in [-0.2, 0) is 0 Å². The van der Waals surface area contributed by atoms with Gasteiger partial charge in [0.25, 0.3) is 0 Å². The molecular formula is C24H21N7O3. The Morgan fingerprint density at radius 2 is 2.06 bits per heavy atom. The number of amides is 1. The Morgan fingerprint density at radius 3 is 2.76 bits per heavy atom. The molecule has 1 amide bonds. The molecule has 10 nitrogen and oxygen atoms in total. The SMILES string of the molecule is Cc1c(-c2cc3cc(N(C(=O)O)C4CC(C#N)C4)ncc3c(N)c2C#N)cnc2c1NCCO2. The van der Waals surface area contributed by atoms with Crippen LogP contribution < -0.4 is 20.7 Å². The molecule has 0 saturated heterocycles. The van der Waals surface area contributed by atoms with E-state index in [1.807, 2.05) is 13.0 Å². The first-order valence-corrected chi connectivity index (χ1v) is 10.8. The van der Waals surface area contributed by atoms with Crippen molar-refractivity contribution in [2.75, 3.05) is 29.1 Å². The standard InChI is InChI=1S/C24H21N7O3/c1-12-18(10-30-23-22(12)28-2-3-34-23)16-6-14-7-20(29-11-19(14)21(27)17(16)9-26)31(24(32)33)15-4-13(5-15)8-25/h6-7,10-11,13,15,28H,2-5,27H2,1H3,(H,32,33). The van der Waals surface area contributed by atoms with E-state index in [0.29, 0.717) is 53.8 Å². The third-order valence-electron chi connectivity index (χ3n) is 6.51. The first-order valence-electron chi connectivity index (χ1n) is 10.8. The summed E-state index contributed by atoms with van der Waals surface area (Å²) >= 11 is 0. The summed E-state index contributed by atoms with van der Waals surface area (Å²) in [6.45, 7) is 3.10. The summed E-state index contributed by atoms with van der Waals surface area (Å²) in [5.41, 5.74) is 9.93. The molecule has 2 aromatic heterocycles. The molecule has 0 atom stereocenters. The maximum absolute atomic E-state index is 12.0. The number of rotatable bonds is 3. The van der Waals surface area contributed by atoms with Gasteiger partial charge in [0, 0.05) is 41.5 Å². The molecule has 0 radical (unpaired) electrons. The highest BCUT2D eigenvalue weighted by atomic mass is 16.5. The number of anilines is 3. The average Bonchev–Trinajstić information content (AvgIpc) is 2.81. The van der Waals surface area contributed by atoms with Crippen molar-refractivity contribution in [2.24, 2.45) is 5.92 Å². The minimum atomic E-state index is -1.13. The number of nitriles is 2. The zero-order valence-corrected chi connectivity index (χ0v) is 18.4. The lowest BCUT2D eigenvalue weighted by molar-refractivity contribution is 0.189. The summed E-state index contributed by atoms with van der Waals surface area (Å²) in [4.78, 5) is 22.0. The van der Waals surface area contributed by atoms with E-state index in [0.717, 1.165) is 16.8 Å². The van der Waals surface area contributed by atoms with Gasteiger partial charge in [0.2, 0.25) is 5.88 Å². The number of aromatic nitrogens is 2. The fourth-order valence-electron chi connectivity index (χ4n) is 4.61. The molecule has 3 heterocycles. The number of hydrogen-bond acceptors (Lipinski definition) is 8. The summed E-state index contributed by atoms with van der Waals surface area (Å²) in [5, 5.41) is 33.3. The Kier molecular flexibility index (Phi) is 5.06. The lowest BCUT2D eigenvalue weighted by atomic mass is 9.80. The van der Waals surface area contributed by atoms with Crippen molar-refractivity contribution in [3.8, 4) is 29.1 Å². The van der Waals surface area contributed by atoms with Crippen LogP contribution in [0.15, 0.2) is 24.5 Å². The highest BCUT2D eigenvalue weighted by Gasteiger charge is 2.38. The van der Waals surface area contributed by atoms with E-state index in [1.54, 1.807) is 12.3 Å². The van der Waals surface area contributed by atoms with Gasteiger partial charge in [0.05, 0.1) is 23.2 Å². The number of nitrogen functional groups attached to an aromatic ring is 1. The third kappa shape index (κ3) is 3.28. The number of ether oxygens (including phenoxy) is 1. The van der Waals surface area contributed by atoms with Gasteiger partial charge in [-0.1, -0.05) is 0 Å². The minimum Gasteiger partial charge on any atom is -0.474 e. The van der Waals surface area contributed by atoms with Gasteiger partial charge in [0.15, 0.2) is 0 Å². The lowest BCUT2D eigenvalue weighted by Crippen LogP contribution is -2.47. The Hall–Kier alpha value is -4.57. The van der Waals surface area contributed by atoms with E-state index < -0.39 is 6.09 Å². The molecule has 2 aliphatic rings. The minimum absolute atomic E-state index is 0.148. The van der Waals surface area contributed by atoms with Gasteiger partial charge >= 0.3 is 6.09 Å². The number of benzene rings is 1. The average molecular weight is 455 g/mol. The van der Waals surface area contributed by atoms with Crippen LogP contribution in [0.1, 0.15) is 24.0 Å². The fourth-order valence-corrected chi connectivity index (χ4v) is 4.61. The van der Waals surface area contributed by atoms with Crippen molar-refractivity contribution in [1.29, 1.82) is 10.5 Å². The Balaban J connectivity index is 1.65. The summed E-state index contributed by atoms with van der Waals surface area (Å²) in [6, 6.07) is 7.54. The van der Waals surface area contributed by atoms with Crippen LogP contribution in [0.5, 0.6) is 5.88 Å². The van der Waals surface area contributed by atoms with E-state index in [1.165, 1.54) is 11.1 Å². The summed E-state index contributed by atoms with van der Waals surface area (Å²) in [6.07, 6.45) is 2.96. The summed E-state index contributed by atoms with van der Waals surface area (Å²) in [5.74, 6) is 0.621. The van der Waals surface area contributed by atoms with Crippen LogP contribution in [0.3, 0.4) is 0 Å². The van der Waals surface area contributed by atoms with Crippen LogP contribution >= 0.6 is 0 Å². The molecule has 0 bridgehead atoms. The quantitative estimate of drug-likeness (QED) is 0.500. The second-order valence-electron chi connectivity index (χ2n) is 8.44. The van der Waals surface area contributed by atoms with Crippen LogP contribution in [0, 0.1) is 35.5 Å². The van der Waals surface area contributed by atoms with E-state index >= 15 is 0 Å². The number of hydrogen-bond donors (Lipinski definition) is 3. The van der Waals surface area contributed by atoms with E-state index in [2.05, 4.69) is 27.4 Å². The molecular weight excluding hydrogens is 434 g/mol. The topological polar surface area (TPSA) is 161 Å². The lowest BCUT2D eigenvalue weighted by Gasteiger charge is -2.37. The molecule has 0 spiro atoms. The number of nitrogens with one attached hydrogen (secondary N) is 1. The first kappa shape index (κ1) is 21.3. The number of nitrogens with two attached hydrogens (primary N) is 1. The van der Waals surface area contributed by atoms with Crippen molar-refractivity contribution in [3.63, 3.8) is 0 Å². The van der Waals surface area contributed by atoms with Gasteiger partial charge in [-0.2, -0.15) is 10.5 Å². The monoisotopic (exact) mass is 455 g/mol. The van der Waals surface area contributed by atoms with Gasteiger partial charge in [0.1, 0.15) is 24.2 Å². The molecule has 1 aromatic carbocycles.